The fraction of sp³-hybridized carbons (Fsp3) is 0.105. The van der Waals surface area contributed by atoms with Gasteiger partial charge in [-0.05, 0) is 42.0 Å². The number of aromatic carboxylic acids is 1. The summed E-state index contributed by atoms with van der Waals surface area (Å²) < 4.78 is 0. The number of hydrogen-bond acceptors (Lipinski definition) is 7. The number of amides is 2. The minimum Gasteiger partial charge on any atom is -0.545 e. The van der Waals surface area contributed by atoms with Gasteiger partial charge in [0.25, 0.3) is 5.91 Å². The number of hydrogen-bond donors (Lipinski definition) is 0. The Bertz CT molecular complexity index is 1050. The number of imide groups is 1. The van der Waals surface area contributed by atoms with E-state index in [-0.39, 0.29) is 22.5 Å². The lowest BCUT2D eigenvalue weighted by Crippen LogP contribution is -2.34. The monoisotopic (exact) mass is 397 g/mol. The van der Waals surface area contributed by atoms with E-state index in [9.17, 15) is 24.3 Å². The third-order valence-electron chi connectivity index (χ3n) is 4.51. The lowest BCUT2D eigenvalue weighted by molar-refractivity contribution is -0.255. The van der Waals surface area contributed by atoms with E-state index in [4.69, 9.17) is 16.4 Å². The highest BCUT2D eigenvalue weighted by atomic mass is 35.5. The average Bonchev–Trinajstić information content (AvgIpc) is 3.22. The molecule has 2 aliphatic heterocycles. The zero-order valence-electron chi connectivity index (χ0n) is 14.0. The number of fused-ring (bicyclic) bond motifs is 1. The number of rotatable bonds is 4. The predicted octanol–water partition coefficient (Wildman–Crippen LogP) is 0.831. The maximum atomic E-state index is 12.9. The van der Waals surface area contributed by atoms with Crippen LogP contribution in [-0.2, 0) is 14.4 Å². The third-order valence-corrected chi connectivity index (χ3v) is 4.76. The molecule has 0 saturated carbocycles. The van der Waals surface area contributed by atoms with Crippen LogP contribution in [0.5, 0.6) is 0 Å². The Hall–Kier alpha value is -3.52. The van der Waals surface area contributed by atoms with Gasteiger partial charge in [0.1, 0.15) is 11.6 Å². The number of anilines is 1. The third kappa shape index (κ3) is 2.74. The molecule has 2 aromatic carbocycles. The Kier molecular flexibility index (Phi) is 4.20. The topological polar surface area (TPSA) is 116 Å². The van der Waals surface area contributed by atoms with E-state index in [0.717, 1.165) is 4.90 Å². The van der Waals surface area contributed by atoms with E-state index in [2.05, 4.69) is 5.16 Å². The number of benzene rings is 2. The molecule has 0 radical (unpaired) electrons. The highest BCUT2D eigenvalue weighted by molar-refractivity contribution is 6.52. The molecule has 0 aromatic heterocycles. The van der Waals surface area contributed by atoms with Gasteiger partial charge in [0, 0.05) is 10.6 Å². The molecule has 0 bridgehead atoms. The van der Waals surface area contributed by atoms with Gasteiger partial charge in [0.05, 0.1) is 11.7 Å². The standard InChI is InChI=1S/C19H11ClN2O6/c20-11-5-1-9(2-6-11)15(23)14-13-16(28-21-14)18(25)22(17(13)24)12-7-3-10(4-8-12)19(26)27/h1-8,13,16H,(H,26,27)/p-1/t13-,16-/m1/s1. The van der Waals surface area contributed by atoms with Crippen LogP contribution in [-0.4, -0.2) is 35.4 Å². The second kappa shape index (κ2) is 6.58. The molecular formula is C19H10ClN2O6-. The maximum absolute atomic E-state index is 12.9. The van der Waals surface area contributed by atoms with E-state index in [1.165, 1.54) is 48.5 Å². The van der Waals surface area contributed by atoms with Crippen LogP contribution in [0.15, 0.2) is 53.7 Å². The lowest BCUT2D eigenvalue weighted by atomic mass is 9.93. The smallest absolute Gasteiger partial charge is 0.278 e. The molecule has 8 nitrogen and oxygen atoms in total. The average molecular weight is 398 g/mol. The Balaban J connectivity index is 1.63. The molecule has 140 valence electrons. The van der Waals surface area contributed by atoms with Crippen LogP contribution in [0.2, 0.25) is 5.02 Å². The van der Waals surface area contributed by atoms with Gasteiger partial charge >= 0.3 is 0 Å². The van der Waals surface area contributed by atoms with Crippen molar-refractivity contribution < 1.29 is 29.1 Å². The molecule has 1 saturated heterocycles. The van der Waals surface area contributed by atoms with Crippen LogP contribution in [0, 0.1) is 5.92 Å². The molecule has 0 aliphatic carbocycles. The molecule has 2 aromatic rings. The summed E-state index contributed by atoms with van der Waals surface area (Å²) in [5.74, 6) is -4.45. The normalized spacial score (nSPS) is 20.6. The first-order chi connectivity index (χ1) is 13.4. The van der Waals surface area contributed by atoms with Gasteiger partial charge in [0.2, 0.25) is 17.8 Å². The predicted molar refractivity (Wildman–Crippen MR) is 94.8 cm³/mol. The number of carbonyl (C=O) groups excluding carboxylic acids is 4. The van der Waals surface area contributed by atoms with Gasteiger partial charge < -0.3 is 14.7 Å². The van der Waals surface area contributed by atoms with Crippen LogP contribution >= 0.6 is 11.6 Å². The van der Waals surface area contributed by atoms with E-state index in [1.807, 2.05) is 0 Å². The van der Waals surface area contributed by atoms with Gasteiger partial charge in [-0.15, -0.1) is 0 Å². The zero-order chi connectivity index (χ0) is 20.0. The van der Waals surface area contributed by atoms with E-state index in [1.54, 1.807) is 0 Å². The second-order valence-electron chi connectivity index (χ2n) is 6.16. The van der Waals surface area contributed by atoms with Crippen molar-refractivity contribution >= 4 is 46.6 Å². The molecule has 2 aliphatic rings. The van der Waals surface area contributed by atoms with Crippen LogP contribution < -0.4 is 10.0 Å². The van der Waals surface area contributed by atoms with Crippen molar-refractivity contribution in [1.82, 2.24) is 0 Å². The molecule has 9 heteroatoms. The van der Waals surface area contributed by atoms with Crippen molar-refractivity contribution in [2.75, 3.05) is 4.90 Å². The summed E-state index contributed by atoms with van der Waals surface area (Å²) in [4.78, 5) is 55.0. The number of nitrogens with zero attached hydrogens (tertiary/aromatic N) is 2. The molecule has 0 unspecified atom stereocenters. The lowest BCUT2D eigenvalue weighted by Gasteiger charge is -2.16. The quantitative estimate of drug-likeness (QED) is 0.557. The first-order valence-corrected chi connectivity index (χ1v) is 8.49. The number of halogens is 1. The SMILES string of the molecule is O=C([O-])c1ccc(N2C(=O)[C@@H]3C(C(=O)c4ccc(Cl)cc4)=NO[C@H]3C2=O)cc1. The summed E-state index contributed by atoms with van der Waals surface area (Å²) in [7, 11) is 0. The zero-order valence-corrected chi connectivity index (χ0v) is 14.8. The van der Waals surface area contributed by atoms with Gasteiger partial charge in [-0.2, -0.15) is 0 Å². The fourth-order valence-electron chi connectivity index (χ4n) is 3.12. The van der Waals surface area contributed by atoms with Gasteiger partial charge in [-0.1, -0.05) is 28.9 Å². The number of ketones is 1. The highest BCUT2D eigenvalue weighted by Crippen LogP contribution is 2.34. The van der Waals surface area contributed by atoms with Crippen molar-refractivity contribution in [3.63, 3.8) is 0 Å². The Morgan fingerprint density at radius 2 is 1.57 bits per heavy atom. The first kappa shape index (κ1) is 17.9. The fourth-order valence-corrected chi connectivity index (χ4v) is 3.24. The molecule has 28 heavy (non-hydrogen) atoms. The summed E-state index contributed by atoms with van der Waals surface area (Å²) in [6.45, 7) is 0. The van der Waals surface area contributed by atoms with Crippen LogP contribution in [0.3, 0.4) is 0 Å². The number of carbonyl (C=O) groups is 4. The summed E-state index contributed by atoms with van der Waals surface area (Å²) in [5.41, 5.74) is 0.152. The Labute approximate surface area is 162 Å². The minimum atomic E-state index is -1.38. The Morgan fingerprint density at radius 1 is 0.964 bits per heavy atom. The highest BCUT2D eigenvalue weighted by Gasteiger charge is 2.57. The molecule has 0 N–H and O–H groups in total. The molecule has 2 heterocycles. The molecule has 4 rings (SSSR count). The maximum Gasteiger partial charge on any atom is 0.278 e. The first-order valence-electron chi connectivity index (χ1n) is 8.11. The molecular weight excluding hydrogens is 388 g/mol. The summed E-state index contributed by atoms with van der Waals surface area (Å²) in [6, 6.07) is 11.1. The number of Topliss-reactive ketones (excluding diaryl/α,β-unsaturated/α-hetero) is 1. The number of carboxylic acid groups (broad SMARTS) is 1. The van der Waals surface area contributed by atoms with Gasteiger partial charge in [-0.25, -0.2) is 4.90 Å². The number of carboxylic acids is 1. The van der Waals surface area contributed by atoms with Gasteiger partial charge in [0.15, 0.2) is 0 Å². The van der Waals surface area contributed by atoms with E-state index < -0.39 is 35.6 Å². The van der Waals surface area contributed by atoms with Crippen LogP contribution in [0.25, 0.3) is 0 Å². The second-order valence-corrected chi connectivity index (χ2v) is 6.60. The van der Waals surface area contributed by atoms with Gasteiger partial charge in [-0.3, -0.25) is 14.4 Å². The van der Waals surface area contributed by atoms with E-state index in [0.29, 0.717) is 5.02 Å². The minimum absolute atomic E-state index is 0.0977. The molecule has 0 spiro atoms. The largest absolute Gasteiger partial charge is 0.545 e. The molecule has 2 amide bonds. The van der Waals surface area contributed by atoms with Crippen molar-refractivity contribution in [1.29, 1.82) is 0 Å². The van der Waals surface area contributed by atoms with Crippen molar-refractivity contribution in [2.24, 2.45) is 11.1 Å². The Morgan fingerprint density at radius 3 is 2.18 bits per heavy atom. The van der Waals surface area contributed by atoms with E-state index >= 15 is 0 Å². The molecule has 2 atom stereocenters. The van der Waals surface area contributed by atoms with Crippen molar-refractivity contribution in [2.45, 2.75) is 6.10 Å². The van der Waals surface area contributed by atoms with Crippen LogP contribution in [0.1, 0.15) is 20.7 Å². The van der Waals surface area contributed by atoms with Crippen molar-refractivity contribution in [3.05, 3.63) is 64.7 Å². The number of oxime groups is 1. The summed E-state index contributed by atoms with van der Waals surface area (Å²) in [6.07, 6.45) is -1.24. The molecule has 1 fully saturated rings. The van der Waals surface area contributed by atoms with Crippen LogP contribution in [0.4, 0.5) is 5.69 Å². The summed E-state index contributed by atoms with van der Waals surface area (Å²) >= 11 is 5.81. The van der Waals surface area contributed by atoms with Crippen molar-refractivity contribution in [3.8, 4) is 0 Å². The summed E-state index contributed by atoms with van der Waals surface area (Å²) in [5, 5.41) is 15.0.